The van der Waals surface area contributed by atoms with Crippen molar-refractivity contribution < 1.29 is 4.42 Å². The summed E-state index contributed by atoms with van der Waals surface area (Å²) in [4.78, 5) is 4.41. The Morgan fingerprint density at radius 2 is 2.00 bits per heavy atom. The summed E-state index contributed by atoms with van der Waals surface area (Å²) in [5.74, 6) is 0.642. The van der Waals surface area contributed by atoms with Crippen molar-refractivity contribution >= 4 is 28.4 Å². The van der Waals surface area contributed by atoms with Crippen molar-refractivity contribution in [3.63, 3.8) is 0 Å². The normalized spacial score (nSPS) is 10.9. The van der Waals surface area contributed by atoms with Crippen LogP contribution in [0.25, 0.3) is 11.1 Å². The first kappa shape index (κ1) is 11.1. The van der Waals surface area contributed by atoms with Crippen LogP contribution >= 0.6 is 11.6 Å². The fourth-order valence-corrected chi connectivity index (χ4v) is 2.07. The summed E-state index contributed by atoms with van der Waals surface area (Å²) in [6.07, 6.45) is 0.578. The molecule has 0 amide bonds. The highest BCUT2D eigenvalue weighted by Gasteiger charge is 2.08. The second-order valence-corrected chi connectivity index (χ2v) is 4.51. The Balaban J connectivity index is 1.98. The molecule has 3 aromatic rings. The van der Waals surface area contributed by atoms with Gasteiger partial charge in [0.1, 0.15) is 5.52 Å². The van der Waals surface area contributed by atoms with Crippen molar-refractivity contribution in [2.75, 3.05) is 5.73 Å². The van der Waals surface area contributed by atoms with Crippen LogP contribution in [0.5, 0.6) is 0 Å². The van der Waals surface area contributed by atoms with E-state index in [-0.39, 0.29) is 0 Å². The summed E-state index contributed by atoms with van der Waals surface area (Å²) < 4.78 is 5.66. The molecule has 0 radical (unpaired) electrons. The van der Waals surface area contributed by atoms with E-state index in [1.54, 1.807) is 6.07 Å². The lowest BCUT2D eigenvalue weighted by Crippen LogP contribution is -1.88. The zero-order valence-electron chi connectivity index (χ0n) is 9.56. The van der Waals surface area contributed by atoms with Crippen molar-refractivity contribution in [1.82, 2.24) is 4.98 Å². The van der Waals surface area contributed by atoms with Crippen LogP contribution in [0, 0.1) is 0 Å². The molecule has 0 spiro atoms. The van der Waals surface area contributed by atoms with Gasteiger partial charge in [-0.3, -0.25) is 0 Å². The molecule has 0 unspecified atom stereocenters. The van der Waals surface area contributed by atoms with Gasteiger partial charge < -0.3 is 10.2 Å². The first-order valence-corrected chi connectivity index (χ1v) is 5.98. The van der Waals surface area contributed by atoms with E-state index < -0.39 is 0 Å². The number of fused-ring (bicyclic) bond motifs is 1. The van der Waals surface area contributed by atoms with Crippen LogP contribution < -0.4 is 5.73 Å². The van der Waals surface area contributed by atoms with Gasteiger partial charge in [-0.15, -0.1) is 0 Å². The molecular weight excluding hydrogens is 248 g/mol. The molecule has 0 atom stereocenters. The van der Waals surface area contributed by atoms with E-state index in [1.165, 1.54) is 0 Å². The van der Waals surface area contributed by atoms with Crippen LogP contribution in [0.4, 0.5) is 5.69 Å². The topological polar surface area (TPSA) is 52.0 Å². The summed E-state index contributed by atoms with van der Waals surface area (Å²) in [6.45, 7) is 0. The first-order valence-electron chi connectivity index (χ1n) is 5.61. The van der Waals surface area contributed by atoms with Crippen LogP contribution in [-0.4, -0.2) is 4.98 Å². The van der Waals surface area contributed by atoms with Gasteiger partial charge in [0.15, 0.2) is 11.5 Å². The highest BCUT2D eigenvalue weighted by molar-refractivity contribution is 6.31. The van der Waals surface area contributed by atoms with Crippen LogP contribution in [-0.2, 0) is 6.42 Å². The van der Waals surface area contributed by atoms with Gasteiger partial charge in [0.25, 0.3) is 0 Å². The maximum absolute atomic E-state index is 6.11. The smallest absolute Gasteiger partial charge is 0.199 e. The highest BCUT2D eigenvalue weighted by atomic mass is 35.5. The Kier molecular flexibility index (Phi) is 2.68. The molecule has 2 aromatic carbocycles. The van der Waals surface area contributed by atoms with Crippen LogP contribution in [0.2, 0.25) is 5.02 Å². The maximum atomic E-state index is 6.11. The molecule has 1 aromatic heterocycles. The van der Waals surface area contributed by atoms with Crippen LogP contribution in [0.15, 0.2) is 46.9 Å². The average Bonchev–Trinajstić information content (AvgIpc) is 2.73. The van der Waals surface area contributed by atoms with Gasteiger partial charge in [-0.2, -0.15) is 0 Å². The number of hydrogen-bond donors (Lipinski definition) is 1. The van der Waals surface area contributed by atoms with E-state index in [0.717, 1.165) is 16.1 Å². The third-order valence-electron chi connectivity index (χ3n) is 2.76. The number of hydrogen-bond acceptors (Lipinski definition) is 3. The van der Waals surface area contributed by atoms with E-state index in [9.17, 15) is 0 Å². The Morgan fingerprint density at radius 1 is 1.17 bits per heavy atom. The summed E-state index contributed by atoms with van der Waals surface area (Å²) in [7, 11) is 0. The minimum absolute atomic E-state index is 0.578. The number of nitrogens with two attached hydrogens (primary N) is 1. The molecule has 1 heterocycles. The largest absolute Gasteiger partial charge is 0.440 e. The lowest BCUT2D eigenvalue weighted by Gasteiger charge is -1.99. The minimum Gasteiger partial charge on any atom is -0.440 e. The van der Waals surface area contributed by atoms with Gasteiger partial charge in [0.05, 0.1) is 6.42 Å². The highest BCUT2D eigenvalue weighted by Crippen LogP contribution is 2.22. The summed E-state index contributed by atoms with van der Waals surface area (Å²) in [5, 5.41) is 0.722. The molecule has 2 N–H and O–H groups in total. The van der Waals surface area contributed by atoms with Crippen molar-refractivity contribution in [2.24, 2.45) is 0 Å². The van der Waals surface area contributed by atoms with Gasteiger partial charge in [0.2, 0.25) is 0 Å². The second kappa shape index (κ2) is 4.35. The molecule has 90 valence electrons. The number of nitrogen functional groups attached to an aromatic ring is 1. The Hall–Kier alpha value is -2.00. The van der Waals surface area contributed by atoms with E-state index in [1.807, 2.05) is 36.4 Å². The lowest BCUT2D eigenvalue weighted by atomic mass is 10.1. The molecule has 18 heavy (non-hydrogen) atoms. The minimum atomic E-state index is 0.578. The van der Waals surface area contributed by atoms with Crippen molar-refractivity contribution in [2.45, 2.75) is 6.42 Å². The van der Waals surface area contributed by atoms with Crippen LogP contribution in [0.3, 0.4) is 0 Å². The molecule has 0 fully saturated rings. The van der Waals surface area contributed by atoms with Gasteiger partial charge in [-0.05, 0) is 23.8 Å². The fourth-order valence-electron chi connectivity index (χ4n) is 1.87. The molecule has 3 rings (SSSR count). The summed E-state index contributed by atoms with van der Waals surface area (Å²) in [6, 6.07) is 13.1. The Bertz CT molecular complexity index is 706. The Morgan fingerprint density at radius 3 is 2.83 bits per heavy atom. The lowest BCUT2D eigenvalue weighted by molar-refractivity contribution is 0.544. The number of aromatic nitrogens is 1. The van der Waals surface area contributed by atoms with Crippen molar-refractivity contribution in [1.29, 1.82) is 0 Å². The zero-order valence-corrected chi connectivity index (χ0v) is 10.3. The number of benzene rings is 2. The molecule has 3 nitrogen and oxygen atoms in total. The number of anilines is 1. The van der Waals surface area contributed by atoms with E-state index >= 15 is 0 Å². The number of oxazole rings is 1. The molecule has 0 aliphatic heterocycles. The molecule has 4 heteroatoms. The molecular formula is C14H11ClN2O. The van der Waals surface area contributed by atoms with Gasteiger partial charge >= 0.3 is 0 Å². The van der Waals surface area contributed by atoms with Gasteiger partial charge in [0, 0.05) is 16.8 Å². The molecule has 0 bridgehead atoms. The Labute approximate surface area is 109 Å². The predicted octanol–water partition coefficient (Wildman–Crippen LogP) is 3.65. The van der Waals surface area contributed by atoms with Gasteiger partial charge in [-0.1, -0.05) is 29.8 Å². The van der Waals surface area contributed by atoms with Crippen molar-refractivity contribution in [3.05, 3.63) is 58.9 Å². The summed E-state index contributed by atoms with van der Waals surface area (Å²) in [5.41, 5.74) is 8.89. The molecule has 0 saturated heterocycles. The molecule has 0 saturated carbocycles. The third kappa shape index (κ3) is 2.05. The SMILES string of the molecule is Nc1ccc2nc(Cc3ccccc3Cl)oc2c1. The second-order valence-electron chi connectivity index (χ2n) is 4.10. The third-order valence-corrected chi connectivity index (χ3v) is 3.13. The number of rotatable bonds is 2. The standard InChI is InChI=1S/C14H11ClN2O/c15-11-4-2-1-3-9(11)7-14-17-12-6-5-10(16)8-13(12)18-14/h1-6,8H,7,16H2. The number of halogens is 1. The monoisotopic (exact) mass is 258 g/mol. The van der Waals surface area contributed by atoms with E-state index in [2.05, 4.69) is 4.98 Å². The zero-order chi connectivity index (χ0) is 12.5. The van der Waals surface area contributed by atoms with Gasteiger partial charge in [-0.25, -0.2) is 4.98 Å². The van der Waals surface area contributed by atoms with E-state index in [4.69, 9.17) is 21.8 Å². The fraction of sp³-hybridized carbons (Fsp3) is 0.0714. The molecule has 0 aliphatic carbocycles. The first-order chi connectivity index (χ1) is 8.72. The van der Waals surface area contributed by atoms with Crippen molar-refractivity contribution in [3.8, 4) is 0 Å². The van der Waals surface area contributed by atoms with Crippen LogP contribution in [0.1, 0.15) is 11.5 Å². The summed E-state index contributed by atoms with van der Waals surface area (Å²) >= 11 is 6.11. The number of nitrogens with zero attached hydrogens (tertiary/aromatic N) is 1. The predicted molar refractivity (Wildman–Crippen MR) is 72.7 cm³/mol. The molecule has 0 aliphatic rings. The maximum Gasteiger partial charge on any atom is 0.199 e. The average molecular weight is 259 g/mol. The quantitative estimate of drug-likeness (QED) is 0.714. The van der Waals surface area contributed by atoms with E-state index in [0.29, 0.717) is 23.6 Å².